The van der Waals surface area contributed by atoms with Crippen LogP contribution < -0.4 is 4.74 Å². The molecule has 0 aliphatic carbocycles. The van der Waals surface area contributed by atoms with Crippen LogP contribution in [0.5, 0.6) is 5.75 Å². The van der Waals surface area contributed by atoms with E-state index in [0.29, 0.717) is 11.3 Å². The van der Waals surface area contributed by atoms with Crippen molar-refractivity contribution in [3.05, 3.63) is 72.3 Å². The van der Waals surface area contributed by atoms with Gasteiger partial charge in [-0.2, -0.15) is 0 Å². The van der Waals surface area contributed by atoms with Crippen molar-refractivity contribution in [2.24, 2.45) is 0 Å². The minimum absolute atomic E-state index is 0.605. The Morgan fingerprint density at radius 3 is 2.59 bits per heavy atom. The van der Waals surface area contributed by atoms with Gasteiger partial charge >= 0.3 is 0 Å². The fourth-order valence-corrected chi connectivity index (χ4v) is 2.66. The lowest BCUT2D eigenvalue weighted by Crippen LogP contribution is -2.28. The molecule has 1 atom stereocenters. The Bertz CT molecular complexity index is 824. The van der Waals surface area contributed by atoms with Crippen molar-refractivity contribution in [3.63, 3.8) is 0 Å². The molecule has 3 rings (SSSR count). The topological polar surface area (TPSA) is 58.1 Å². The Morgan fingerprint density at radius 1 is 1.23 bits per heavy atom. The van der Waals surface area contributed by atoms with Gasteiger partial charge in [0.25, 0.3) is 0 Å². The number of aromatic nitrogens is 2. The van der Waals surface area contributed by atoms with Crippen molar-refractivity contribution in [2.75, 3.05) is 7.11 Å². The van der Waals surface area contributed by atoms with Gasteiger partial charge < -0.3 is 14.8 Å². The molecule has 1 heterocycles. The van der Waals surface area contributed by atoms with Crippen LogP contribution in [-0.2, 0) is 5.60 Å². The van der Waals surface area contributed by atoms with E-state index < -0.39 is 5.60 Å². The third-order valence-electron chi connectivity index (χ3n) is 3.97. The third-order valence-corrected chi connectivity index (χ3v) is 3.97. The van der Waals surface area contributed by atoms with Crippen molar-refractivity contribution in [1.82, 2.24) is 9.97 Å². The van der Waals surface area contributed by atoms with E-state index in [2.05, 4.69) is 16.5 Å². The number of nitrogens with one attached hydrogen (secondary N) is 1. The lowest BCUT2D eigenvalue weighted by atomic mass is 9.84. The molecular formula is C18H18N2O2. The van der Waals surface area contributed by atoms with Gasteiger partial charge in [-0.25, -0.2) is 4.98 Å². The van der Waals surface area contributed by atoms with Crippen LogP contribution >= 0.6 is 0 Å². The van der Waals surface area contributed by atoms with Gasteiger partial charge in [-0.15, -0.1) is 0 Å². The second-order valence-corrected chi connectivity index (χ2v) is 5.38. The van der Waals surface area contributed by atoms with Gasteiger partial charge in [0.05, 0.1) is 25.3 Å². The minimum atomic E-state index is -1.29. The van der Waals surface area contributed by atoms with Crippen molar-refractivity contribution >= 4 is 10.8 Å². The molecule has 4 nitrogen and oxygen atoms in total. The van der Waals surface area contributed by atoms with Crippen LogP contribution in [0.2, 0.25) is 0 Å². The number of benzene rings is 2. The Labute approximate surface area is 129 Å². The van der Waals surface area contributed by atoms with Crippen molar-refractivity contribution in [2.45, 2.75) is 12.5 Å². The summed E-state index contributed by atoms with van der Waals surface area (Å²) >= 11 is 0. The predicted molar refractivity (Wildman–Crippen MR) is 86.9 cm³/mol. The zero-order chi connectivity index (χ0) is 15.7. The standard InChI is InChI=1S/C18H18N2O2/c1-12(2)18(21,17-10-19-11-20-17)15-6-4-14-9-16(22-3)7-5-13(14)8-15/h4-11,21H,1H2,2-3H3,(H,19,20). The molecule has 1 unspecified atom stereocenters. The number of imidazole rings is 1. The number of fused-ring (bicyclic) bond motifs is 1. The molecule has 2 N–H and O–H groups in total. The zero-order valence-corrected chi connectivity index (χ0v) is 12.6. The van der Waals surface area contributed by atoms with E-state index in [1.165, 1.54) is 0 Å². The Hall–Kier alpha value is -2.59. The number of hydrogen-bond donors (Lipinski definition) is 2. The van der Waals surface area contributed by atoms with E-state index in [4.69, 9.17) is 4.74 Å². The molecule has 112 valence electrons. The van der Waals surface area contributed by atoms with Gasteiger partial charge in [0.15, 0.2) is 5.60 Å². The Balaban J connectivity index is 2.17. The molecule has 0 saturated heterocycles. The lowest BCUT2D eigenvalue weighted by molar-refractivity contribution is 0.117. The maximum atomic E-state index is 11.2. The number of aliphatic hydroxyl groups is 1. The molecule has 4 heteroatoms. The minimum Gasteiger partial charge on any atom is -0.497 e. The predicted octanol–water partition coefficient (Wildman–Crippen LogP) is 3.38. The van der Waals surface area contributed by atoms with Crippen LogP contribution in [0, 0.1) is 0 Å². The molecule has 22 heavy (non-hydrogen) atoms. The first kappa shape index (κ1) is 14.4. The normalized spacial score (nSPS) is 13.8. The maximum Gasteiger partial charge on any atom is 0.152 e. The molecule has 2 aromatic carbocycles. The summed E-state index contributed by atoms with van der Waals surface area (Å²) < 4.78 is 5.24. The average molecular weight is 294 g/mol. The average Bonchev–Trinajstić information content (AvgIpc) is 3.07. The highest BCUT2D eigenvalue weighted by Crippen LogP contribution is 2.36. The highest BCUT2D eigenvalue weighted by molar-refractivity contribution is 5.85. The van der Waals surface area contributed by atoms with Crippen LogP contribution in [0.4, 0.5) is 0 Å². The number of rotatable bonds is 4. The monoisotopic (exact) mass is 294 g/mol. The van der Waals surface area contributed by atoms with E-state index in [-0.39, 0.29) is 0 Å². The summed E-state index contributed by atoms with van der Waals surface area (Å²) in [5.41, 5.74) is 0.698. The van der Waals surface area contributed by atoms with E-state index in [1.807, 2.05) is 36.4 Å². The van der Waals surface area contributed by atoms with Crippen molar-refractivity contribution < 1.29 is 9.84 Å². The fourth-order valence-electron chi connectivity index (χ4n) is 2.66. The third kappa shape index (κ3) is 2.18. The second kappa shape index (κ2) is 5.31. The molecule has 0 fully saturated rings. The van der Waals surface area contributed by atoms with E-state index in [0.717, 1.165) is 22.1 Å². The molecule has 0 aliphatic heterocycles. The van der Waals surface area contributed by atoms with Crippen LogP contribution in [0.1, 0.15) is 18.2 Å². The largest absolute Gasteiger partial charge is 0.497 e. The first-order valence-corrected chi connectivity index (χ1v) is 7.01. The fraction of sp³-hybridized carbons (Fsp3) is 0.167. The Morgan fingerprint density at radius 2 is 1.95 bits per heavy atom. The highest BCUT2D eigenvalue weighted by Gasteiger charge is 2.34. The van der Waals surface area contributed by atoms with Gasteiger partial charge in [-0.3, -0.25) is 0 Å². The number of ether oxygens (including phenoxy) is 1. The highest BCUT2D eigenvalue weighted by atomic mass is 16.5. The number of methoxy groups -OCH3 is 1. The van der Waals surface area contributed by atoms with Crippen LogP contribution in [0.3, 0.4) is 0 Å². The maximum absolute atomic E-state index is 11.2. The molecular weight excluding hydrogens is 276 g/mol. The first-order valence-electron chi connectivity index (χ1n) is 7.01. The number of hydrogen-bond acceptors (Lipinski definition) is 3. The molecule has 0 saturated carbocycles. The molecule has 3 aromatic rings. The lowest BCUT2D eigenvalue weighted by Gasteiger charge is -2.28. The molecule has 0 radical (unpaired) electrons. The van der Waals surface area contributed by atoms with Crippen molar-refractivity contribution in [3.8, 4) is 5.75 Å². The number of aromatic amines is 1. The number of nitrogens with zero attached hydrogens (tertiary/aromatic N) is 1. The zero-order valence-electron chi connectivity index (χ0n) is 12.6. The van der Waals surface area contributed by atoms with Gasteiger partial charge in [0, 0.05) is 0 Å². The molecule has 0 bridgehead atoms. The first-order chi connectivity index (χ1) is 10.6. The van der Waals surface area contributed by atoms with Gasteiger partial charge in [0.2, 0.25) is 0 Å². The second-order valence-electron chi connectivity index (χ2n) is 5.38. The SMILES string of the molecule is C=C(C)C(O)(c1ccc2cc(OC)ccc2c1)c1cnc[nH]1. The Kier molecular flexibility index (Phi) is 3.47. The molecule has 0 spiro atoms. The summed E-state index contributed by atoms with van der Waals surface area (Å²) in [6.45, 7) is 5.75. The molecule has 1 aromatic heterocycles. The summed E-state index contributed by atoms with van der Waals surface area (Å²) in [7, 11) is 1.65. The van der Waals surface area contributed by atoms with Gasteiger partial charge in [-0.1, -0.05) is 24.8 Å². The number of H-pyrrole nitrogens is 1. The smallest absolute Gasteiger partial charge is 0.152 e. The molecule has 0 amide bonds. The molecule has 0 aliphatic rings. The van der Waals surface area contributed by atoms with Crippen LogP contribution in [0.25, 0.3) is 10.8 Å². The quantitative estimate of drug-likeness (QED) is 0.725. The van der Waals surface area contributed by atoms with E-state index in [1.54, 1.807) is 26.6 Å². The van der Waals surface area contributed by atoms with Crippen LogP contribution in [-0.4, -0.2) is 22.2 Å². The van der Waals surface area contributed by atoms with Crippen molar-refractivity contribution in [1.29, 1.82) is 0 Å². The summed E-state index contributed by atoms with van der Waals surface area (Å²) in [5, 5.41) is 13.3. The van der Waals surface area contributed by atoms with Crippen LogP contribution in [0.15, 0.2) is 61.1 Å². The summed E-state index contributed by atoms with van der Waals surface area (Å²) in [6, 6.07) is 11.7. The van der Waals surface area contributed by atoms with Gasteiger partial charge in [-0.05, 0) is 47.0 Å². The van der Waals surface area contributed by atoms with E-state index >= 15 is 0 Å². The van der Waals surface area contributed by atoms with E-state index in [9.17, 15) is 5.11 Å². The van der Waals surface area contributed by atoms with Gasteiger partial charge in [0.1, 0.15) is 5.75 Å². The summed E-state index contributed by atoms with van der Waals surface area (Å²) in [4.78, 5) is 6.99. The summed E-state index contributed by atoms with van der Waals surface area (Å²) in [6.07, 6.45) is 3.17. The summed E-state index contributed by atoms with van der Waals surface area (Å²) in [5.74, 6) is 0.809.